The molecule has 3 rings (SSSR count). The molecule has 0 spiro atoms. The highest BCUT2D eigenvalue weighted by atomic mass is 16.7. The Hall–Kier alpha value is -1.66. The van der Waals surface area contributed by atoms with Crippen LogP contribution in [0.2, 0.25) is 0 Å². The van der Waals surface area contributed by atoms with Crippen LogP contribution in [-0.4, -0.2) is 33.3 Å². The summed E-state index contributed by atoms with van der Waals surface area (Å²) in [5.41, 5.74) is 1.33. The van der Waals surface area contributed by atoms with Crippen molar-refractivity contribution < 1.29 is 9.31 Å². The molecule has 2 aromatic rings. The fourth-order valence-electron chi connectivity index (χ4n) is 2.11. The lowest BCUT2D eigenvalue weighted by atomic mass is 9.79. The molecule has 0 bridgehead atoms. The van der Waals surface area contributed by atoms with Crippen LogP contribution in [-0.2, 0) is 9.31 Å². The van der Waals surface area contributed by atoms with E-state index in [4.69, 9.17) is 9.31 Å². The van der Waals surface area contributed by atoms with Crippen LogP contribution < -0.4 is 5.46 Å². The van der Waals surface area contributed by atoms with Gasteiger partial charge in [-0.15, -0.1) is 5.10 Å². The second-order valence-electron chi connectivity index (χ2n) is 6.03. The highest BCUT2D eigenvalue weighted by Crippen LogP contribution is 2.36. The maximum atomic E-state index is 6.02. The number of hydrogen-bond donors (Lipinski definition) is 0. The largest absolute Gasteiger partial charge is 0.494 e. The van der Waals surface area contributed by atoms with Crippen LogP contribution in [0.25, 0.3) is 5.69 Å². The highest BCUT2D eigenvalue weighted by Gasteiger charge is 2.51. The van der Waals surface area contributed by atoms with Crippen molar-refractivity contribution in [1.29, 1.82) is 0 Å². The highest BCUT2D eigenvalue weighted by molar-refractivity contribution is 6.62. The van der Waals surface area contributed by atoms with Crippen LogP contribution in [0, 0.1) is 0 Å². The third-order valence-corrected chi connectivity index (χ3v) is 4.11. The zero-order valence-corrected chi connectivity index (χ0v) is 12.2. The van der Waals surface area contributed by atoms with Crippen LogP contribution >= 0.6 is 0 Å². The molecule has 0 N–H and O–H groups in total. The molecule has 1 aliphatic rings. The monoisotopic (exact) mass is 271 g/mol. The minimum absolute atomic E-state index is 0.317. The fraction of sp³-hybridized carbons (Fsp3) is 0.429. The van der Waals surface area contributed by atoms with E-state index in [0.717, 1.165) is 11.2 Å². The first kappa shape index (κ1) is 13.3. The Balaban J connectivity index is 1.83. The standard InChI is InChI=1S/C14H18BN3O2/c1-13(2)14(3,4)20-15(19-13)11-5-7-12(8-6-11)18-10-9-16-17-18/h5-10H,1-4H3. The zero-order chi connectivity index (χ0) is 14.4. The van der Waals surface area contributed by atoms with Gasteiger partial charge in [-0.1, -0.05) is 17.3 Å². The van der Waals surface area contributed by atoms with E-state index >= 15 is 0 Å². The maximum Gasteiger partial charge on any atom is 0.494 e. The minimum Gasteiger partial charge on any atom is -0.399 e. The number of nitrogens with zero attached hydrogens (tertiary/aromatic N) is 3. The lowest BCUT2D eigenvalue weighted by molar-refractivity contribution is 0.00578. The van der Waals surface area contributed by atoms with E-state index in [1.54, 1.807) is 10.9 Å². The third kappa shape index (κ3) is 2.15. The van der Waals surface area contributed by atoms with Crippen molar-refractivity contribution in [1.82, 2.24) is 15.0 Å². The molecule has 6 heteroatoms. The van der Waals surface area contributed by atoms with Gasteiger partial charge >= 0.3 is 7.12 Å². The molecule has 1 fully saturated rings. The van der Waals surface area contributed by atoms with E-state index in [1.165, 1.54) is 0 Å². The Bertz CT molecular complexity index is 577. The Morgan fingerprint density at radius 3 is 2.10 bits per heavy atom. The predicted molar refractivity (Wildman–Crippen MR) is 77.1 cm³/mol. The minimum atomic E-state index is -0.329. The maximum absolute atomic E-state index is 6.02. The van der Waals surface area contributed by atoms with Gasteiger partial charge in [-0.3, -0.25) is 0 Å². The van der Waals surface area contributed by atoms with Crippen LogP contribution in [0.15, 0.2) is 36.7 Å². The lowest BCUT2D eigenvalue weighted by Gasteiger charge is -2.32. The van der Waals surface area contributed by atoms with Gasteiger partial charge in [0, 0.05) is 0 Å². The van der Waals surface area contributed by atoms with Crippen LogP contribution in [0.4, 0.5) is 0 Å². The van der Waals surface area contributed by atoms with Crippen molar-refractivity contribution in [3.05, 3.63) is 36.7 Å². The molecule has 20 heavy (non-hydrogen) atoms. The molecule has 5 nitrogen and oxygen atoms in total. The van der Waals surface area contributed by atoms with Gasteiger partial charge in [0.25, 0.3) is 0 Å². The molecule has 0 saturated carbocycles. The number of benzene rings is 1. The smallest absolute Gasteiger partial charge is 0.399 e. The van der Waals surface area contributed by atoms with E-state index in [-0.39, 0.29) is 18.3 Å². The van der Waals surface area contributed by atoms with Gasteiger partial charge in [0.05, 0.1) is 29.3 Å². The molecule has 1 saturated heterocycles. The molecule has 0 unspecified atom stereocenters. The summed E-state index contributed by atoms with van der Waals surface area (Å²) in [7, 11) is -0.329. The van der Waals surface area contributed by atoms with Gasteiger partial charge in [0.2, 0.25) is 0 Å². The first-order chi connectivity index (χ1) is 9.39. The molecule has 104 valence electrons. The summed E-state index contributed by atoms with van der Waals surface area (Å²) in [6, 6.07) is 7.96. The summed E-state index contributed by atoms with van der Waals surface area (Å²) >= 11 is 0. The normalized spacial score (nSPS) is 20.3. The molecular weight excluding hydrogens is 253 g/mol. The summed E-state index contributed by atoms with van der Waals surface area (Å²) in [5, 5.41) is 7.76. The Kier molecular flexibility index (Phi) is 2.95. The summed E-state index contributed by atoms with van der Waals surface area (Å²) in [4.78, 5) is 0. The SMILES string of the molecule is CC1(C)OB(c2ccc(-n3ccnn3)cc2)OC1(C)C. The summed E-state index contributed by atoms with van der Waals surface area (Å²) in [6.07, 6.45) is 3.46. The van der Waals surface area contributed by atoms with Gasteiger partial charge < -0.3 is 9.31 Å². The molecular formula is C14H18BN3O2. The summed E-state index contributed by atoms with van der Waals surface area (Å²) in [5.74, 6) is 0. The summed E-state index contributed by atoms with van der Waals surface area (Å²) in [6.45, 7) is 8.21. The van der Waals surface area contributed by atoms with E-state index in [1.807, 2.05) is 30.5 Å². The first-order valence-corrected chi connectivity index (χ1v) is 6.71. The molecule has 1 aliphatic heterocycles. The lowest BCUT2D eigenvalue weighted by Crippen LogP contribution is -2.41. The van der Waals surface area contributed by atoms with E-state index in [0.29, 0.717) is 0 Å². The summed E-state index contributed by atoms with van der Waals surface area (Å²) < 4.78 is 13.8. The molecule has 1 aromatic heterocycles. The van der Waals surface area contributed by atoms with Crippen molar-refractivity contribution in [2.45, 2.75) is 38.9 Å². The average molecular weight is 271 g/mol. The van der Waals surface area contributed by atoms with Gasteiger partial charge in [-0.2, -0.15) is 0 Å². The number of aromatic nitrogens is 3. The topological polar surface area (TPSA) is 49.2 Å². The van der Waals surface area contributed by atoms with E-state index < -0.39 is 0 Å². The average Bonchev–Trinajstić information content (AvgIpc) is 2.97. The van der Waals surface area contributed by atoms with Crippen molar-refractivity contribution in [3.63, 3.8) is 0 Å². The molecule has 0 amide bonds. The van der Waals surface area contributed by atoms with Gasteiger partial charge in [-0.05, 0) is 45.3 Å². The number of rotatable bonds is 2. The van der Waals surface area contributed by atoms with Crippen LogP contribution in [0.5, 0.6) is 0 Å². The quantitative estimate of drug-likeness (QED) is 0.778. The third-order valence-electron chi connectivity index (χ3n) is 4.11. The molecule has 1 aromatic carbocycles. The Labute approximate surface area is 119 Å². The van der Waals surface area contributed by atoms with E-state index in [2.05, 4.69) is 38.0 Å². The second-order valence-corrected chi connectivity index (χ2v) is 6.03. The Morgan fingerprint density at radius 2 is 1.60 bits per heavy atom. The molecule has 0 atom stereocenters. The molecule has 0 aliphatic carbocycles. The predicted octanol–water partition coefficient (Wildman–Crippen LogP) is 1.57. The van der Waals surface area contributed by atoms with Crippen LogP contribution in [0.1, 0.15) is 27.7 Å². The zero-order valence-electron chi connectivity index (χ0n) is 12.2. The number of hydrogen-bond acceptors (Lipinski definition) is 4. The van der Waals surface area contributed by atoms with Crippen molar-refractivity contribution in [3.8, 4) is 5.69 Å². The van der Waals surface area contributed by atoms with E-state index in [9.17, 15) is 0 Å². The van der Waals surface area contributed by atoms with Gasteiger partial charge in [0.15, 0.2) is 0 Å². The fourth-order valence-corrected chi connectivity index (χ4v) is 2.11. The second kappa shape index (κ2) is 4.43. The van der Waals surface area contributed by atoms with Gasteiger partial charge in [0.1, 0.15) is 0 Å². The van der Waals surface area contributed by atoms with Crippen molar-refractivity contribution in [2.24, 2.45) is 0 Å². The Morgan fingerprint density at radius 1 is 1.00 bits per heavy atom. The molecule has 2 heterocycles. The molecule has 0 radical (unpaired) electrons. The van der Waals surface area contributed by atoms with Crippen LogP contribution in [0.3, 0.4) is 0 Å². The van der Waals surface area contributed by atoms with Crippen molar-refractivity contribution >= 4 is 12.6 Å². The first-order valence-electron chi connectivity index (χ1n) is 6.71. The van der Waals surface area contributed by atoms with Crippen molar-refractivity contribution in [2.75, 3.05) is 0 Å². The van der Waals surface area contributed by atoms with Gasteiger partial charge in [-0.25, -0.2) is 4.68 Å².